The zero-order valence-corrected chi connectivity index (χ0v) is 13.4. The van der Waals surface area contributed by atoms with Crippen LogP contribution in [-0.2, 0) is 9.16 Å². The maximum Gasteiger partial charge on any atom is 0.261 e. The van der Waals surface area contributed by atoms with Gasteiger partial charge in [0.05, 0.1) is 0 Å². The van der Waals surface area contributed by atoms with Crippen LogP contribution in [-0.4, -0.2) is 13.9 Å². The summed E-state index contributed by atoms with van der Waals surface area (Å²) in [5.74, 6) is 0.666. The zero-order chi connectivity index (χ0) is 13.2. The summed E-state index contributed by atoms with van der Waals surface area (Å²) in [6, 6.07) is 0. The van der Waals surface area contributed by atoms with Crippen molar-refractivity contribution in [1.82, 2.24) is 0 Å². The number of ether oxygens (including phenoxy) is 1. The van der Waals surface area contributed by atoms with Gasteiger partial charge in [0.15, 0.2) is 0 Å². The van der Waals surface area contributed by atoms with Crippen molar-refractivity contribution in [3.8, 4) is 0 Å². The van der Waals surface area contributed by atoms with Gasteiger partial charge in [0.2, 0.25) is 0 Å². The standard InChI is InChI=1S/C13H28O2Si/c1-10-11(14-12(2,3)4)15-16(8,9)13(5,6)7/h10H,1-9H3/b11-10+. The SMILES string of the molecule is C/C=C(\OC(C)(C)C)O[Si](C)(C)C(C)(C)C. The Bertz CT molecular complexity index is 254. The molecule has 0 rings (SSSR count). The highest BCUT2D eigenvalue weighted by atomic mass is 28.4. The zero-order valence-electron chi connectivity index (χ0n) is 12.4. The van der Waals surface area contributed by atoms with Crippen LogP contribution in [0.1, 0.15) is 48.5 Å². The Labute approximate surface area is 102 Å². The Morgan fingerprint density at radius 1 is 1.00 bits per heavy atom. The van der Waals surface area contributed by atoms with Crippen molar-refractivity contribution >= 4 is 8.32 Å². The quantitative estimate of drug-likeness (QED) is 0.530. The second kappa shape index (κ2) is 4.82. The molecule has 0 heterocycles. The number of rotatable bonds is 3. The lowest BCUT2D eigenvalue weighted by Crippen LogP contribution is -2.41. The van der Waals surface area contributed by atoms with Crippen LogP contribution < -0.4 is 0 Å². The van der Waals surface area contributed by atoms with E-state index in [0.717, 1.165) is 0 Å². The van der Waals surface area contributed by atoms with Crippen LogP contribution in [0, 0.1) is 0 Å². The fraction of sp³-hybridized carbons (Fsp3) is 0.846. The molecule has 0 N–H and O–H groups in total. The minimum absolute atomic E-state index is 0.197. The molecular formula is C13H28O2Si. The van der Waals surface area contributed by atoms with Gasteiger partial charge in [-0.3, -0.25) is 0 Å². The summed E-state index contributed by atoms with van der Waals surface area (Å²) in [5.41, 5.74) is -0.204. The molecule has 3 heteroatoms. The van der Waals surface area contributed by atoms with Gasteiger partial charge in [-0.2, -0.15) is 0 Å². The number of hydrogen-bond donors (Lipinski definition) is 0. The monoisotopic (exact) mass is 244 g/mol. The summed E-state index contributed by atoms with van der Waals surface area (Å²) < 4.78 is 11.9. The fourth-order valence-corrected chi connectivity index (χ4v) is 1.81. The van der Waals surface area contributed by atoms with E-state index in [4.69, 9.17) is 9.16 Å². The summed E-state index contributed by atoms with van der Waals surface area (Å²) in [5, 5.41) is 0.197. The first kappa shape index (κ1) is 15.6. The summed E-state index contributed by atoms with van der Waals surface area (Å²) in [6.45, 7) is 19.2. The Morgan fingerprint density at radius 3 is 1.69 bits per heavy atom. The Kier molecular flexibility index (Phi) is 4.69. The third-order valence-electron chi connectivity index (χ3n) is 2.80. The van der Waals surface area contributed by atoms with Crippen molar-refractivity contribution in [2.75, 3.05) is 0 Å². The summed E-state index contributed by atoms with van der Waals surface area (Å²) in [6.07, 6.45) is 1.91. The molecule has 0 spiro atoms. The maximum absolute atomic E-state index is 6.11. The maximum atomic E-state index is 6.11. The first-order chi connectivity index (χ1) is 6.89. The van der Waals surface area contributed by atoms with Gasteiger partial charge < -0.3 is 9.16 Å². The summed E-state index contributed by atoms with van der Waals surface area (Å²) in [4.78, 5) is 0. The van der Waals surface area contributed by atoms with Gasteiger partial charge in [-0.1, -0.05) is 20.8 Å². The van der Waals surface area contributed by atoms with Crippen molar-refractivity contribution in [2.45, 2.75) is 72.2 Å². The minimum Gasteiger partial charge on any atom is -0.519 e. The molecule has 0 aliphatic rings. The third-order valence-corrected chi connectivity index (χ3v) is 7.13. The van der Waals surface area contributed by atoms with Crippen molar-refractivity contribution < 1.29 is 9.16 Å². The highest BCUT2D eigenvalue weighted by Gasteiger charge is 2.40. The molecular weight excluding hydrogens is 216 g/mol. The molecule has 0 bridgehead atoms. The Hall–Kier alpha value is -0.443. The molecule has 0 atom stereocenters. The van der Waals surface area contributed by atoms with Crippen molar-refractivity contribution in [2.24, 2.45) is 0 Å². The van der Waals surface area contributed by atoms with E-state index in [2.05, 4.69) is 33.9 Å². The molecule has 0 aromatic carbocycles. The van der Waals surface area contributed by atoms with Gasteiger partial charge in [-0.05, 0) is 51.9 Å². The predicted molar refractivity (Wildman–Crippen MR) is 72.9 cm³/mol. The minimum atomic E-state index is -1.78. The lowest BCUT2D eigenvalue weighted by atomic mass is 10.2. The first-order valence-electron chi connectivity index (χ1n) is 5.93. The van der Waals surface area contributed by atoms with Crippen LogP contribution in [0.2, 0.25) is 18.1 Å². The molecule has 0 radical (unpaired) electrons. The van der Waals surface area contributed by atoms with Gasteiger partial charge in [0, 0.05) is 0 Å². The lowest BCUT2D eigenvalue weighted by Gasteiger charge is -2.38. The van der Waals surface area contributed by atoms with Gasteiger partial charge in [0.25, 0.3) is 14.3 Å². The first-order valence-corrected chi connectivity index (χ1v) is 8.84. The molecule has 2 nitrogen and oxygen atoms in total. The van der Waals surface area contributed by atoms with Crippen molar-refractivity contribution in [3.05, 3.63) is 12.0 Å². The van der Waals surface area contributed by atoms with E-state index in [0.29, 0.717) is 5.95 Å². The van der Waals surface area contributed by atoms with Gasteiger partial charge >= 0.3 is 0 Å². The van der Waals surface area contributed by atoms with E-state index >= 15 is 0 Å². The fourth-order valence-electron chi connectivity index (χ4n) is 0.845. The van der Waals surface area contributed by atoms with Crippen LogP contribution in [0.5, 0.6) is 0 Å². The van der Waals surface area contributed by atoms with Gasteiger partial charge in [0.1, 0.15) is 5.60 Å². The number of allylic oxidation sites excluding steroid dienone is 1. The third kappa shape index (κ3) is 5.06. The largest absolute Gasteiger partial charge is 0.519 e. The topological polar surface area (TPSA) is 18.5 Å². The molecule has 0 fully saturated rings. The molecule has 0 aliphatic carbocycles. The van der Waals surface area contributed by atoms with Crippen molar-refractivity contribution in [3.63, 3.8) is 0 Å². The van der Waals surface area contributed by atoms with E-state index in [9.17, 15) is 0 Å². The smallest absolute Gasteiger partial charge is 0.261 e. The summed E-state index contributed by atoms with van der Waals surface area (Å²) >= 11 is 0. The molecule has 0 saturated heterocycles. The second-order valence-corrected chi connectivity index (χ2v) is 11.4. The van der Waals surface area contributed by atoms with Crippen LogP contribution >= 0.6 is 0 Å². The van der Waals surface area contributed by atoms with E-state index in [-0.39, 0.29) is 10.6 Å². The average molecular weight is 244 g/mol. The highest BCUT2D eigenvalue weighted by molar-refractivity contribution is 6.74. The molecule has 16 heavy (non-hydrogen) atoms. The molecule has 0 amide bonds. The molecule has 0 unspecified atom stereocenters. The van der Waals surface area contributed by atoms with E-state index in [1.165, 1.54) is 0 Å². The van der Waals surface area contributed by atoms with E-state index in [1.54, 1.807) is 0 Å². The highest BCUT2D eigenvalue weighted by Crippen LogP contribution is 2.38. The van der Waals surface area contributed by atoms with Gasteiger partial charge in [-0.25, -0.2) is 0 Å². The molecule has 0 aliphatic heterocycles. The Balaban J connectivity index is 4.70. The van der Waals surface area contributed by atoms with Crippen LogP contribution in [0.15, 0.2) is 12.0 Å². The van der Waals surface area contributed by atoms with E-state index < -0.39 is 8.32 Å². The van der Waals surface area contributed by atoms with Crippen LogP contribution in [0.3, 0.4) is 0 Å². The normalized spacial score (nSPS) is 14.9. The van der Waals surface area contributed by atoms with Gasteiger partial charge in [-0.15, -0.1) is 0 Å². The molecule has 0 aromatic rings. The predicted octanol–water partition coefficient (Wildman–Crippen LogP) is 4.68. The summed E-state index contributed by atoms with van der Waals surface area (Å²) in [7, 11) is -1.78. The number of hydrogen-bond acceptors (Lipinski definition) is 2. The van der Waals surface area contributed by atoms with Crippen molar-refractivity contribution in [1.29, 1.82) is 0 Å². The van der Waals surface area contributed by atoms with E-state index in [1.807, 2.05) is 33.8 Å². The Morgan fingerprint density at radius 2 is 1.44 bits per heavy atom. The lowest BCUT2D eigenvalue weighted by molar-refractivity contribution is -0.0105. The molecule has 0 aromatic heterocycles. The molecule has 96 valence electrons. The van der Waals surface area contributed by atoms with Crippen LogP contribution in [0.25, 0.3) is 0 Å². The average Bonchev–Trinajstić information content (AvgIpc) is 1.97. The second-order valence-electron chi connectivity index (χ2n) is 6.68. The van der Waals surface area contributed by atoms with Crippen LogP contribution in [0.4, 0.5) is 0 Å². The molecule has 0 saturated carbocycles.